The Bertz CT molecular complexity index is 601. The Morgan fingerprint density at radius 2 is 2.07 bits per heavy atom. The fourth-order valence-corrected chi connectivity index (χ4v) is 4.08. The predicted octanol–water partition coefficient (Wildman–Crippen LogP) is 0.918. The van der Waals surface area contributed by atoms with Gasteiger partial charge < -0.3 is 19.3 Å². The lowest BCUT2D eigenvalue weighted by Gasteiger charge is -2.44. The van der Waals surface area contributed by atoms with Crippen LogP contribution in [0.5, 0.6) is 0 Å². The molecule has 27 heavy (non-hydrogen) atoms. The fraction of sp³-hybridized carbons (Fsp3) is 0.737. The largest absolute Gasteiger partial charge is 0.381 e. The average Bonchev–Trinajstić information content (AvgIpc) is 3.21. The van der Waals surface area contributed by atoms with Gasteiger partial charge in [-0.05, 0) is 31.7 Å². The van der Waals surface area contributed by atoms with Crippen LogP contribution in [0.2, 0.25) is 0 Å². The minimum absolute atomic E-state index is 0.0141. The van der Waals surface area contributed by atoms with Gasteiger partial charge in [-0.15, -0.1) is 0 Å². The van der Waals surface area contributed by atoms with E-state index in [1.165, 1.54) is 0 Å². The molecule has 0 saturated carbocycles. The molecule has 3 rings (SSSR count). The molecular formula is C19H30N4O4. The monoisotopic (exact) mass is 378 g/mol. The highest BCUT2D eigenvalue weighted by Gasteiger charge is 2.35. The molecular weight excluding hydrogens is 348 g/mol. The molecule has 0 aromatic carbocycles. The van der Waals surface area contributed by atoms with Gasteiger partial charge in [0.15, 0.2) is 0 Å². The number of hydrogen-bond acceptors (Lipinski definition) is 5. The lowest BCUT2D eigenvalue weighted by molar-refractivity contribution is -0.147. The fourth-order valence-electron chi connectivity index (χ4n) is 4.08. The summed E-state index contributed by atoms with van der Waals surface area (Å²) in [6.07, 6.45) is 7.54. The molecule has 2 aliphatic rings. The number of amides is 2. The highest BCUT2D eigenvalue weighted by molar-refractivity contribution is 5.79. The maximum atomic E-state index is 12.7. The molecule has 1 atom stereocenters. The highest BCUT2D eigenvalue weighted by Crippen LogP contribution is 2.24. The molecule has 8 heteroatoms. The first kappa shape index (κ1) is 19.8. The van der Waals surface area contributed by atoms with Crippen molar-refractivity contribution in [3.8, 4) is 0 Å². The first-order chi connectivity index (χ1) is 13.2. The van der Waals surface area contributed by atoms with Crippen LogP contribution in [0.4, 0.5) is 0 Å². The Kier molecular flexibility index (Phi) is 7.23. The summed E-state index contributed by atoms with van der Waals surface area (Å²) in [4.78, 5) is 29.3. The number of hydrogen-bond donors (Lipinski definition) is 0. The van der Waals surface area contributed by atoms with Crippen molar-refractivity contribution in [3.63, 3.8) is 0 Å². The molecule has 8 nitrogen and oxygen atoms in total. The SMILES string of the molecule is COCC(=O)N(C1CCOCC1)C1CCCN(C(=O)CCn2cccn2)C1. The minimum atomic E-state index is 0.0141. The van der Waals surface area contributed by atoms with Crippen LogP contribution in [-0.4, -0.2) is 83.5 Å². The first-order valence-corrected chi connectivity index (χ1v) is 9.82. The quantitative estimate of drug-likeness (QED) is 0.705. The third-order valence-corrected chi connectivity index (χ3v) is 5.40. The number of methoxy groups -OCH3 is 1. The Hall–Kier alpha value is -1.93. The second-order valence-electron chi connectivity index (χ2n) is 7.23. The van der Waals surface area contributed by atoms with E-state index < -0.39 is 0 Å². The van der Waals surface area contributed by atoms with Gasteiger partial charge in [0.2, 0.25) is 11.8 Å². The van der Waals surface area contributed by atoms with E-state index in [9.17, 15) is 9.59 Å². The van der Waals surface area contributed by atoms with Crippen molar-refractivity contribution in [2.45, 2.75) is 50.7 Å². The molecule has 3 heterocycles. The van der Waals surface area contributed by atoms with Crippen molar-refractivity contribution in [2.75, 3.05) is 40.0 Å². The number of rotatable bonds is 7. The second-order valence-corrected chi connectivity index (χ2v) is 7.23. The maximum absolute atomic E-state index is 12.7. The van der Waals surface area contributed by atoms with Crippen molar-refractivity contribution in [3.05, 3.63) is 18.5 Å². The summed E-state index contributed by atoms with van der Waals surface area (Å²) in [5, 5.41) is 4.15. The van der Waals surface area contributed by atoms with E-state index in [1.54, 1.807) is 18.0 Å². The highest BCUT2D eigenvalue weighted by atomic mass is 16.5. The topological polar surface area (TPSA) is 76.9 Å². The van der Waals surface area contributed by atoms with Crippen molar-refractivity contribution >= 4 is 11.8 Å². The summed E-state index contributed by atoms with van der Waals surface area (Å²) < 4.78 is 12.3. The van der Waals surface area contributed by atoms with Crippen LogP contribution in [0.15, 0.2) is 18.5 Å². The van der Waals surface area contributed by atoms with Crippen LogP contribution >= 0.6 is 0 Å². The number of carbonyl (C=O) groups is 2. The third kappa shape index (κ3) is 5.29. The molecule has 0 bridgehead atoms. The molecule has 2 saturated heterocycles. The molecule has 2 fully saturated rings. The summed E-state index contributed by atoms with van der Waals surface area (Å²) in [5.41, 5.74) is 0. The summed E-state index contributed by atoms with van der Waals surface area (Å²) in [6.45, 7) is 3.39. The zero-order valence-electron chi connectivity index (χ0n) is 16.1. The summed E-state index contributed by atoms with van der Waals surface area (Å²) in [5.74, 6) is 0.140. The smallest absolute Gasteiger partial charge is 0.249 e. The van der Waals surface area contributed by atoms with Crippen molar-refractivity contribution < 1.29 is 19.1 Å². The number of aromatic nitrogens is 2. The van der Waals surface area contributed by atoms with Crippen LogP contribution in [-0.2, 0) is 25.6 Å². The van der Waals surface area contributed by atoms with E-state index in [1.807, 2.05) is 22.1 Å². The van der Waals surface area contributed by atoms with Gasteiger partial charge in [-0.3, -0.25) is 14.3 Å². The van der Waals surface area contributed by atoms with Crippen LogP contribution < -0.4 is 0 Å². The standard InChI is InChI=1S/C19H30N4O4/c1-26-15-19(25)23(16-6-12-27-13-7-16)17-4-2-9-21(14-17)18(24)5-11-22-10-3-8-20-22/h3,8,10,16-17H,2,4-7,9,11-15H2,1H3. The van der Waals surface area contributed by atoms with Crippen LogP contribution in [0, 0.1) is 0 Å². The number of carbonyl (C=O) groups excluding carboxylic acids is 2. The van der Waals surface area contributed by atoms with Crippen molar-refractivity contribution in [2.24, 2.45) is 0 Å². The zero-order valence-corrected chi connectivity index (χ0v) is 16.1. The Balaban J connectivity index is 1.62. The van der Waals surface area contributed by atoms with Crippen LogP contribution in [0.1, 0.15) is 32.1 Å². The molecule has 2 amide bonds. The van der Waals surface area contributed by atoms with Gasteiger partial charge >= 0.3 is 0 Å². The van der Waals surface area contributed by atoms with Crippen LogP contribution in [0.3, 0.4) is 0 Å². The van der Waals surface area contributed by atoms with Gasteiger partial charge in [0.25, 0.3) is 0 Å². The predicted molar refractivity (Wildman–Crippen MR) is 99.0 cm³/mol. The summed E-state index contributed by atoms with van der Waals surface area (Å²) in [7, 11) is 1.55. The third-order valence-electron chi connectivity index (χ3n) is 5.40. The molecule has 1 unspecified atom stereocenters. The van der Waals surface area contributed by atoms with Crippen molar-refractivity contribution in [1.29, 1.82) is 0 Å². The number of likely N-dealkylation sites (tertiary alicyclic amines) is 1. The molecule has 150 valence electrons. The zero-order chi connectivity index (χ0) is 19.1. The molecule has 0 N–H and O–H groups in total. The number of aryl methyl sites for hydroxylation is 1. The van der Waals surface area contributed by atoms with Gasteiger partial charge in [0.1, 0.15) is 6.61 Å². The van der Waals surface area contributed by atoms with E-state index in [2.05, 4.69) is 5.10 Å². The summed E-state index contributed by atoms with van der Waals surface area (Å²) in [6, 6.07) is 2.08. The second kappa shape index (κ2) is 9.85. The number of ether oxygens (including phenoxy) is 2. The normalized spacial score (nSPS) is 21.2. The van der Waals surface area contributed by atoms with Gasteiger partial charge in [-0.25, -0.2) is 0 Å². The Morgan fingerprint density at radius 1 is 1.26 bits per heavy atom. The van der Waals surface area contributed by atoms with E-state index in [4.69, 9.17) is 9.47 Å². The van der Waals surface area contributed by atoms with E-state index in [0.29, 0.717) is 32.7 Å². The average molecular weight is 378 g/mol. The molecule has 1 aromatic rings. The lowest BCUT2D eigenvalue weighted by atomic mass is 9.98. The van der Waals surface area contributed by atoms with E-state index in [-0.39, 0.29) is 30.5 Å². The molecule has 2 aliphatic heterocycles. The Labute approximate surface area is 160 Å². The van der Waals surface area contributed by atoms with Gasteiger partial charge in [0, 0.05) is 70.9 Å². The molecule has 0 aliphatic carbocycles. The van der Waals surface area contributed by atoms with Gasteiger partial charge in [-0.1, -0.05) is 0 Å². The number of piperidine rings is 1. The lowest BCUT2D eigenvalue weighted by Crippen LogP contribution is -2.56. The first-order valence-electron chi connectivity index (χ1n) is 9.82. The van der Waals surface area contributed by atoms with Gasteiger partial charge in [-0.2, -0.15) is 5.10 Å². The molecule has 0 spiro atoms. The number of nitrogens with zero attached hydrogens (tertiary/aromatic N) is 4. The van der Waals surface area contributed by atoms with Crippen LogP contribution in [0.25, 0.3) is 0 Å². The van der Waals surface area contributed by atoms with Crippen molar-refractivity contribution in [1.82, 2.24) is 19.6 Å². The maximum Gasteiger partial charge on any atom is 0.249 e. The van der Waals surface area contributed by atoms with E-state index >= 15 is 0 Å². The molecule has 0 radical (unpaired) electrons. The Morgan fingerprint density at radius 3 is 2.78 bits per heavy atom. The molecule has 1 aromatic heterocycles. The van der Waals surface area contributed by atoms with E-state index in [0.717, 1.165) is 32.2 Å². The summed E-state index contributed by atoms with van der Waals surface area (Å²) >= 11 is 0. The minimum Gasteiger partial charge on any atom is -0.381 e. The van der Waals surface area contributed by atoms with Gasteiger partial charge in [0.05, 0.1) is 0 Å².